The summed E-state index contributed by atoms with van der Waals surface area (Å²) in [4.78, 5) is 17.8. The standard InChI is InChI=1S/C22H35FN4O/c1-5-19-16(4)21(25-24-19)22(28)27-12-6-11-26(20(14-27)15(2)3)13-17-7-9-18(23)10-8-17/h7-10,15-16,19-21,24-25H,5-6,11-14H2,1-4H3. The largest absolute Gasteiger partial charge is 0.340 e. The summed E-state index contributed by atoms with van der Waals surface area (Å²) in [6.07, 6.45) is 1.97. The van der Waals surface area contributed by atoms with Gasteiger partial charge in [-0.15, -0.1) is 0 Å². The Labute approximate surface area is 168 Å². The summed E-state index contributed by atoms with van der Waals surface area (Å²) in [5.74, 6) is 0.733. The second-order valence-corrected chi connectivity index (χ2v) is 8.69. The van der Waals surface area contributed by atoms with Gasteiger partial charge >= 0.3 is 0 Å². The zero-order valence-corrected chi connectivity index (χ0v) is 17.6. The maximum absolute atomic E-state index is 13.3. The molecule has 1 aromatic rings. The van der Waals surface area contributed by atoms with E-state index >= 15 is 0 Å². The summed E-state index contributed by atoms with van der Waals surface area (Å²) in [7, 11) is 0. The summed E-state index contributed by atoms with van der Waals surface area (Å²) < 4.78 is 13.2. The Hall–Kier alpha value is -1.50. The maximum Gasteiger partial charge on any atom is 0.241 e. The molecule has 1 aromatic carbocycles. The minimum atomic E-state index is -0.200. The van der Waals surface area contributed by atoms with E-state index in [0.29, 0.717) is 18.0 Å². The molecule has 0 aliphatic carbocycles. The van der Waals surface area contributed by atoms with E-state index in [0.717, 1.165) is 44.6 Å². The van der Waals surface area contributed by atoms with E-state index in [9.17, 15) is 9.18 Å². The van der Waals surface area contributed by atoms with Gasteiger partial charge in [0.25, 0.3) is 0 Å². The van der Waals surface area contributed by atoms with Crippen LogP contribution in [0.4, 0.5) is 4.39 Å². The van der Waals surface area contributed by atoms with Crippen LogP contribution < -0.4 is 10.9 Å². The molecule has 3 rings (SSSR count). The molecule has 2 aliphatic heterocycles. The fraction of sp³-hybridized carbons (Fsp3) is 0.682. The highest BCUT2D eigenvalue weighted by atomic mass is 19.1. The van der Waals surface area contributed by atoms with Crippen molar-refractivity contribution in [1.29, 1.82) is 0 Å². The average Bonchev–Trinajstić information content (AvgIpc) is 2.91. The number of carbonyl (C=O) groups is 1. The minimum Gasteiger partial charge on any atom is -0.340 e. The van der Waals surface area contributed by atoms with Gasteiger partial charge in [0, 0.05) is 38.3 Å². The molecule has 0 radical (unpaired) electrons. The quantitative estimate of drug-likeness (QED) is 0.812. The van der Waals surface area contributed by atoms with Gasteiger partial charge in [-0.25, -0.2) is 9.82 Å². The molecule has 0 spiro atoms. The first-order valence-electron chi connectivity index (χ1n) is 10.7. The van der Waals surface area contributed by atoms with Crippen LogP contribution in [-0.2, 0) is 11.3 Å². The van der Waals surface area contributed by atoms with Crippen LogP contribution in [0.5, 0.6) is 0 Å². The van der Waals surface area contributed by atoms with Crippen LogP contribution in [0.25, 0.3) is 0 Å². The average molecular weight is 391 g/mol. The zero-order chi connectivity index (χ0) is 20.3. The van der Waals surface area contributed by atoms with Gasteiger partial charge in [-0.05, 0) is 42.4 Å². The molecular weight excluding hydrogens is 355 g/mol. The lowest BCUT2D eigenvalue weighted by Crippen LogP contribution is -2.51. The van der Waals surface area contributed by atoms with Crippen molar-refractivity contribution in [2.45, 2.75) is 65.2 Å². The highest BCUT2D eigenvalue weighted by Crippen LogP contribution is 2.23. The number of hydrogen-bond donors (Lipinski definition) is 2. The first kappa shape index (κ1) is 21.2. The number of rotatable bonds is 5. The van der Waals surface area contributed by atoms with Crippen molar-refractivity contribution >= 4 is 5.91 Å². The van der Waals surface area contributed by atoms with Crippen molar-refractivity contribution in [2.75, 3.05) is 19.6 Å². The van der Waals surface area contributed by atoms with E-state index in [1.807, 2.05) is 12.1 Å². The Kier molecular flexibility index (Phi) is 7.07. The number of hydrogen-bond acceptors (Lipinski definition) is 4. The number of nitrogens with one attached hydrogen (secondary N) is 2. The first-order valence-corrected chi connectivity index (χ1v) is 10.7. The molecule has 5 nitrogen and oxygen atoms in total. The van der Waals surface area contributed by atoms with Gasteiger partial charge in [0.2, 0.25) is 5.91 Å². The van der Waals surface area contributed by atoms with E-state index in [1.165, 1.54) is 12.1 Å². The Morgan fingerprint density at radius 2 is 1.93 bits per heavy atom. The summed E-state index contributed by atoms with van der Waals surface area (Å²) in [6, 6.07) is 7.26. The van der Waals surface area contributed by atoms with Gasteiger partial charge in [-0.2, -0.15) is 0 Å². The Morgan fingerprint density at radius 3 is 2.54 bits per heavy atom. The highest BCUT2D eigenvalue weighted by molar-refractivity contribution is 5.82. The normalized spacial score (nSPS) is 29.3. The van der Waals surface area contributed by atoms with Gasteiger partial charge in [0.05, 0.1) is 0 Å². The molecule has 0 bridgehead atoms. The molecule has 28 heavy (non-hydrogen) atoms. The summed E-state index contributed by atoms with van der Waals surface area (Å²) in [5.41, 5.74) is 7.64. The predicted molar refractivity (Wildman–Crippen MR) is 110 cm³/mol. The monoisotopic (exact) mass is 390 g/mol. The number of hydrazine groups is 1. The minimum absolute atomic E-state index is 0.151. The molecule has 0 saturated carbocycles. The van der Waals surface area contributed by atoms with Crippen molar-refractivity contribution in [3.05, 3.63) is 35.6 Å². The van der Waals surface area contributed by atoms with Crippen molar-refractivity contribution < 1.29 is 9.18 Å². The fourth-order valence-corrected chi connectivity index (χ4v) is 4.57. The molecule has 156 valence electrons. The number of benzene rings is 1. The van der Waals surface area contributed by atoms with Crippen molar-refractivity contribution in [1.82, 2.24) is 20.7 Å². The van der Waals surface area contributed by atoms with E-state index in [1.54, 1.807) is 0 Å². The first-order chi connectivity index (χ1) is 13.4. The smallest absolute Gasteiger partial charge is 0.241 e. The molecule has 2 aliphatic rings. The third-order valence-electron chi connectivity index (χ3n) is 6.42. The molecule has 2 saturated heterocycles. The third-order valence-corrected chi connectivity index (χ3v) is 6.42. The van der Waals surface area contributed by atoms with Crippen LogP contribution in [0, 0.1) is 17.7 Å². The van der Waals surface area contributed by atoms with Crippen LogP contribution in [0.15, 0.2) is 24.3 Å². The topological polar surface area (TPSA) is 47.6 Å². The SMILES string of the molecule is CCC1NNC(C(=O)N2CCCN(Cc3ccc(F)cc3)C(C(C)C)C2)C1C. The fourth-order valence-electron chi connectivity index (χ4n) is 4.57. The van der Waals surface area contributed by atoms with Gasteiger partial charge in [-0.3, -0.25) is 15.1 Å². The molecule has 2 fully saturated rings. The van der Waals surface area contributed by atoms with E-state index in [-0.39, 0.29) is 23.7 Å². The van der Waals surface area contributed by atoms with E-state index < -0.39 is 0 Å². The number of amides is 1. The third kappa shape index (κ3) is 4.73. The molecule has 0 aromatic heterocycles. The lowest BCUT2D eigenvalue weighted by atomic mass is 9.93. The van der Waals surface area contributed by atoms with Gasteiger partial charge in [-0.1, -0.05) is 39.8 Å². The van der Waals surface area contributed by atoms with Crippen molar-refractivity contribution in [2.24, 2.45) is 11.8 Å². The molecule has 1 amide bonds. The molecule has 4 atom stereocenters. The zero-order valence-electron chi connectivity index (χ0n) is 17.6. The maximum atomic E-state index is 13.3. The number of nitrogens with zero attached hydrogens (tertiary/aromatic N) is 2. The van der Waals surface area contributed by atoms with Gasteiger partial charge < -0.3 is 4.90 Å². The Balaban J connectivity index is 1.70. The predicted octanol–water partition coefficient (Wildman–Crippen LogP) is 2.78. The van der Waals surface area contributed by atoms with Crippen molar-refractivity contribution in [3.8, 4) is 0 Å². The molecule has 2 N–H and O–H groups in total. The number of halogens is 1. The highest BCUT2D eigenvalue weighted by Gasteiger charge is 2.39. The molecule has 4 unspecified atom stereocenters. The summed E-state index contributed by atoms with van der Waals surface area (Å²) >= 11 is 0. The summed E-state index contributed by atoms with van der Waals surface area (Å²) in [6.45, 7) is 12.0. The lowest BCUT2D eigenvalue weighted by molar-refractivity contribution is -0.134. The van der Waals surface area contributed by atoms with Gasteiger partial charge in [0.15, 0.2) is 0 Å². The molecular formula is C22H35FN4O. The second kappa shape index (κ2) is 9.33. The van der Waals surface area contributed by atoms with Crippen LogP contribution in [0.3, 0.4) is 0 Å². The van der Waals surface area contributed by atoms with E-state index in [4.69, 9.17) is 0 Å². The van der Waals surface area contributed by atoms with Crippen molar-refractivity contribution in [3.63, 3.8) is 0 Å². The Bertz CT molecular complexity index is 650. The lowest BCUT2D eigenvalue weighted by Gasteiger charge is -2.35. The molecule has 2 heterocycles. The van der Waals surface area contributed by atoms with Crippen LogP contribution in [0.2, 0.25) is 0 Å². The Morgan fingerprint density at radius 1 is 1.21 bits per heavy atom. The van der Waals surface area contributed by atoms with Crippen LogP contribution >= 0.6 is 0 Å². The van der Waals surface area contributed by atoms with Gasteiger partial charge in [0.1, 0.15) is 11.9 Å². The summed E-state index contributed by atoms with van der Waals surface area (Å²) in [5, 5.41) is 0. The van der Waals surface area contributed by atoms with E-state index in [2.05, 4.69) is 48.3 Å². The number of carbonyl (C=O) groups excluding carboxylic acids is 1. The second-order valence-electron chi connectivity index (χ2n) is 8.69. The van der Waals surface area contributed by atoms with Crippen LogP contribution in [0.1, 0.15) is 46.1 Å². The van der Waals surface area contributed by atoms with Crippen LogP contribution in [-0.4, -0.2) is 53.5 Å². The molecule has 6 heteroatoms.